The van der Waals surface area contributed by atoms with E-state index < -0.39 is 27.5 Å². The largest absolute Gasteiger partial charge is 0.495 e. The number of ether oxygens (including phenoxy) is 1. The number of rotatable bonds is 6. The van der Waals surface area contributed by atoms with Crippen LogP contribution in [-0.4, -0.2) is 33.0 Å². The second-order valence-electron chi connectivity index (χ2n) is 7.24. The van der Waals surface area contributed by atoms with Crippen LogP contribution >= 0.6 is 0 Å². The molecule has 29 heavy (non-hydrogen) atoms. The quantitative estimate of drug-likeness (QED) is 0.568. The van der Waals surface area contributed by atoms with Gasteiger partial charge in [-0.3, -0.25) is 4.79 Å². The van der Waals surface area contributed by atoms with Gasteiger partial charge in [0, 0.05) is 22.5 Å². The normalized spacial score (nSPS) is 11.6. The Kier molecular flexibility index (Phi) is 6.50. The highest BCUT2D eigenvalue weighted by Crippen LogP contribution is 2.26. The van der Waals surface area contributed by atoms with E-state index in [1.165, 1.54) is 25.3 Å². The van der Waals surface area contributed by atoms with Crippen LogP contribution in [0, 0.1) is 0 Å². The van der Waals surface area contributed by atoms with E-state index in [4.69, 9.17) is 10.5 Å². The van der Waals surface area contributed by atoms with E-state index in [2.05, 4.69) is 15.4 Å². The van der Waals surface area contributed by atoms with Crippen molar-refractivity contribution in [3.8, 4) is 5.75 Å². The van der Waals surface area contributed by atoms with Crippen molar-refractivity contribution >= 4 is 33.3 Å². The zero-order chi connectivity index (χ0) is 21.8. The van der Waals surface area contributed by atoms with Gasteiger partial charge in [-0.25, -0.2) is 17.9 Å². The predicted octanol–water partition coefficient (Wildman–Crippen LogP) is 2.51. The van der Waals surface area contributed by atoms with Gasteiger partial charge in [-0.05, 0) is 63.2 Å². The molecule has 0 spiro atoms. The molecule has 0 saturated carbocycles. The third-order valence-electron chi connectivity index (χ3n) is 3.57. The molecule has 0 aliphatic carbocycles. The predicted molar refractivity (Wildman–Crippen MR) is 111 cm³/mol. The van der Waals surface area contributed by atoms with Gasteiger partial charge in [0.15, 0.2) is 0 Å². The average Bonchev–Trinajstić information content (AvgIpc) is 2.60. The summed E-state index contributed by atoms with van der Waals surface area (Å²) in [6.07, 6.45) is 0. The smallest absolute Gasteiger partial charge is 0.316 e. The standard InChI is InChI=1S/C19H24N4O5S/c1-19(2,3)23-29(26,27)16-11-12(5-10-15(16)28-4)17(24)21-13-6-8-14(9-7-13)22-18(20)25/h5-11,23H,1-4H3,(H,21,24)(H3,20,22,25). The van der Waals surface area contributed by atoms with Gasteiger partial charge in [0.05, 0.1) is 7.11 Å². The fourth-order valence-electron chi connectivity index (χ4n) is 2.47. The summed E-state index contributed by atoms with van der Waals surface area (Å²) in [7, 11) is -2.56. The number of methoxy groups -OCH3 is 1. The molecule has 0 radical (unpaired) electrons. The van der Waals surface area contributed by atoms with Crippen LogP contribution in [0.25, 0.3) is 0 Å². The molecule has 3 amide bonds. The van der Waals surface area contributed by atoms with E-state index in [1.807, 2.05) is 0 Å². The van der Waals surface area contributed by atoms with E-state index >= 15 is 0 Å². The van der Waals surface area contributed by atoms with Crippen molar-refractivity contribution in [2.24, 2.45) is 5.73 Å². The molecular formula is C19H24N4O5S. The van der Waals surface area contributed by atoms with Crippen molar-refractivity contribution in [3.63, 3.8) is 0 Å². The SMILES string of the molecule is COc1ccc(C(=O)Nc2ccc(NC(N)=O)cc2)cc1S(=O)(=O)NC(C)(C)C. The van der Waals surface area contributed by atoms with Gasteiger partial charge in [-0.1, -0.05) is 0 Å². The lowest BCUT2D eigenvalue weighted by molar-refractivity contribution is 0.102. The van der Waals surface area contributed by atoms with Crippen LogP contribution in [0.3, 0.4) is 0 Å². The Morgan fingerprint density at radius 1 is 0.966 bits per heavy atom. The van der Waals surface area contributed by atoms with E-state index in [0.29, 0.717) is 11.4 Å². The van der Waals surface area contributed by atoms with Gasteiger partial charge in [-0.2, -0.15) is 0 Å². The average molecular weight is 420 g/mol. The van der Waals surface area contributed by atoms with Gasteiger partial charge in [-0.15, -0.1) is 0 Å². The molecule has 2 rings (SSSR count). The molecule has 9 nitrogen and oxygen atoms in total. The fourth-order valence-corrected chi connectivity index (χ4v) is 4.08. The van der Waals surface area contributed by atoms with Crippen LogP contribution in [0.4, 0.5) is 16.2 Å². The third-order valence-corrected chi connectivity index (χ3v) is 5.35. The summed E-state index contributed by atoms with van der Waals surface area (Å²) in [5.74, 6) is -0.379. The molecule has 0 bridgehead atoms. The number of benzene rings is 2. The maximum atomic E-state index is 12.7. The lowest BCUT2D eigenvalue weighted by atomic mass is 10.1. The number of carbonyl (C=O) groups excluding carboxylic acids is 2. The zero-order valence-electron chi connectivity index (χ0n) is 16.6. The summed E-state index contributed by atoms with van der Waals surface area (Å²) in [5.41, 5.74) is 5.41. The number of amides is 3. The first-order valence-corrected chi connectivity index (χ1v) is 10.1. The van der Waals surface area contributed by atoms with Crippen molar-refractivity contribution < 1.29 is 22.7 Å². The highest BCUT2D eigenvalue weighted by atomic mass is 32.2. The van der Waals surface area contributed by atoms with E-state index in [0.717, 1.165) is 0 Å². The molecule has 2 aromatic carbocycles. The minimum absolute atomic E-state index is 0.125. The van der Waals surface area contributed by atoms with Crippen LogP contribution in [-0.2, 0) is 10.0 Å². The second kappa shape index (κ2) is 8.50. The number of primary amides is 1. The summed E-state index contributed by atoms with van der Waals surface area (Å²) < 4.78 is 33.1. The van der Waals surface area contributed by atoms with Crippen molar-refractivity contribution in [2.75, 3.05) is 17.7 Å². The topological polar surface area (TPSA) is 140 Å². The molecule has 0 atom stereocenters. The van der Waals surface area contributed by atoms with Crippen LogP contribution in [0.1, 0.15) is 31.1 Å². The first-order chi connectivity index (χ1) is 13.4. The Balaban J connectivity index is 2.28. The zero-order valence-corrected chi connectivity index (χ0v) is 17.4. The van der Waals surface area contributed by atoms with Crippen molar-refractivity contribution in [1.29, 1.82) is 0 Å². The molecule has 0 aromatic heterocycles. The van der Waals surface area contributed by atoms with Gasteiger partial charge < -0.3 is 21.1 Å². The molecule has 10 heteroatoms. The third kappa shape index (κ3) is 6.19. The van der Waals surface area contributed by atoms with Crippen LogP contribution in [0.15, 0.2) is 47.4 Å². The Morgan fingerprint density at radius 2 is 1.52 bits per heavy atom. The van der Waals surface area contributed by atoms with Gasteiger partial charge in [0.1, 0.15) is 10.6 Å². The van der Waals surface area contributed by atoms with Gasteiger partial charge >= 0.3 is 6.03 Å². The molecule has 156 valence electrons. The first-order valence-electron chi connectivity index (χ1n) is 8.61. The van der Waals surface area contributed by atoms with E-state index in [9.17, 15) is 18.0 Å². The molecule has 0 aliphatic rings. The number of anilines is 2. The van der Waals surface area contributed by atoms with E-state index in [-0.39, 0.29) is 16.2 Å². The minimum Gasteiger partial charge on any atom is -0.495 e. The fraction of sp³-hybridized carbons (Fsp3) is 0.263. The van der Waals surface area contributed by atoms with Gasteiger partial charge in [0.25, 0.3) is 5.91 Å². The molecule has 5 N–H and O–H groups in total. The summed E-state index contributed by atoms with van der Waals surface area (Å²) in [6, 6.07) is 9.73. The minimum atomic E-state index is -3.91. The number of nitrogens with two attached hydrogens (primary N) is 1. The summed E-state index contributed by atoms with van der Waals surface area (Å²) in [5, 5.41) is 5.08. The second-order valence-corrected chi connectivity index (χ2v) is 8.89. The van der Waals surface area contributed by atoms with Crippen molar-refractivity contribution in [1.82, 2.24) is 4.72 Å². The number of urea groups is 1. The van der Waals surface area contributed by atoms with E-state index in [1.54, 1.807) is 45.0 Å². The van der Waals surface area contributed by atoms with Crippen LogP contribution < -0.4 is 25.8 Å². The summed E-state index contributed by atoms with van der Waals surface area (Å²) in [4.78, 5) is 23.3. The lowest BCUT2D eigenvalue weighted by Crippen LogP contribution is -2.40. The molecule has 0 aliphatic heterocycles. The number of hydrogen-bond acceptors (Lipinski definition) is 5. The highest BCUT2D eigenvalue weighted by molar-refractivity contribution is 7.89. The van der Waals surface area contributed by atoms with Crippen LogP contribution in [0.2, 0.25) is 0 Å². The maximum absolute atomic E-state index is 12.7. The Morgan fingerprint density at radius 3 is 2.00 bits per heavy atom. The summed E-state index contributed by atoms with van der Waals surface area (Å²) in [6.45, 7) is 5.14. The number of nitrogens with one attached hydrogen (secondary N) is 3. The maximum Gasteiger partial charge on any atom is 0.316 e. The Hall–Kier alpha value is -3.11. The molecule has 0 heterocycles. The molecule has 2 aromatic rings. The summed E-state index contributed by atoms with van der Waals surface area (Å²) >= 11 is 0. The molecular weight excluding hydrogens is 396 g/mol. The van der Waals surface area contributed by atoms with Crippen LogP contribution in [0.5, 0.6) is 5.75 Å². The van der Waals surface area contributed by atoms with Gasteiger partial charge in [0.2, 0.25) is 10.0 Å². The molecule has 0 saturated heterocycles. The Bertz CT molecular complexity index is 1010. The molecule has 0 unspecified atom stereocenters. The first kappa shape index (κ1) is 22.2. The highest BCUT2D eigenvalue weighted by Gasteiger charge is 2.26. The number of hydrogen-bond donors (Lipinski definition) is 4. The number of sulfonamides is 1. The van der Waals surface area contributed by atoms with Crippen molar-refractivity contribution in [3.05, 3.63) is 48.0 Å². The molecule has 0 fully saturated rings. The lowest BCUT2D eigenvalue weighted by Gasteiger charge is -2.21. The monoisotopic (exact) mass is 420 g/mol. The number of carbonyl (C=O) groups is 2. The van der Waals surface area contributed by atoms with Crippen molar-refractivity contribution in [2.45, 2.75) is 31.2 Å². The Labute approximate surface area is 169 Å².